The monoisotopic (exact) mass is 473 g/mol. The topological polar surface area (TPSA) is 107 Å². The van der Waals surface area contributed by atoms with Crippen LogP contribution in [0.25, 0.3) is 11.1 Å². The minimum Gasteiger partial charge on any atom is -0.479 e. The molecular weight excluding hydrogens is 447 g/mol. The number of rotatable bonds is 9. The predicted molar refractivity (Wildman–Crippen MR) is 126 cm³/mol. The zero-order chi connectivity index (χ0) is 25.0. The number of anilines is 3. The molecule has 0 spiro atoms. The minimum atomic E-state index is -1.15. The third-order valence-electron chi connectivity index (χ3n) is 5.31. The number of halogens is 3. The van der Waals surface area contributed by atoms with Crippen molar-refractivity contribution in [3.63, 3.8) is 0 Å². The van der Waals surface area contributed by atoms with E-state index in [1.54, 1.807) is 12.3 Å². The van der Waals surface area contributed by atoms with E-state index >= 15 is 8.78 Å². The van der Waals surface area contributed by atoms with Gasteiger partial charge in [-0.25, -0.2) is 18.2 Å². The van der Waals surface area contributed by atoms with Crippen molar-refractivity contribution in [3.8, 4) is 17.0 Å². The summed E-state index contributed by atoms with van der Waals surface area (Å²) in [6.07, 6.45) is 3.25. The van der Waals surface area contributed by atoms with Crippen LogP contribution in [0.5, 0.6) is 5.88 Å². The Morgan fingerprint density at radius 2 is 1.91 bits per heavy atom. The largest absolute Gasteiger partial charge is 0.479 e. The van der Waals surface area contributed by atoms with Crippen LogP contribution in [0, 0.1) is 22.9 Å². The van der Waals surface area contributed by atoms with Crippen LogP contribution in [0.1, 0.15) is 37.8 Å². The fourth-order valence-electron chi connectivity index (χ4n) is 3.48. The van der Waals surface area contributed by atoms with Crippen molar-refractivity contribution < 1.29 is 23.1 Å². The van der Waals surface area contributed by atoms with E-state index in [0.29, 0.717) is 24.4 Å². The molecular formula is C24H26F3N5O2. The van der Waals surface area contributed by atoms with Crippen molar-refractivity contribution in [1.82, 2.24) is 4.98 Å². The van der Waals surface area contributed by atoms with E-state index in [-0.39, 0.29) is 34.2 Å². The summed E-state index contributed by atoms with van der Waals surface area (Å²) in [7, 11) is 1.36. The lowest BCUT2D eigenvalue weighted by atomic mass is 9.97. The summed E-state index contributed by atoms with van der Waals surface area (Å²) in [4.78, 5) is 4.09. The lowest BCUT2D eigenvalue weighted by Gasteiger charge is -2.22. The van der Waals surface area contributed by atoms with Crippen LogP contribution in [-0.4, -0.2) is 23.0 Å². The zero-order valence-corrected chi connectivity index (χ0v) is 19.0. The van der Waals surface area contributed by atoms with Crippen LogP contribution >= 0.6 is 0 Å². The van der Waals surface area contributed by atoms with Gasteiger partial charge >= 0.3 is 0 Å². The van der Waals surface area contributed by atoms with Crippen LogP contribution in [0.15, 0.2) is 36.5 Å². The number of aryl methyl sites for hydroxylation is 1. The van der Waals surface area contributed by atoms with Gasteiger partial charge in [0.15, 0.2) is 11.6 Å². The standard InChI is InChI=1S/C24H26F3N5O2/c1-4-6-17(28)14-7-8-15(21(26)23(14)29)20-16(25)9-10-18(22(20)27)31-32(33)19-11-13(5-2)12-30-24(19)34-3/h7-12,28,31,33H,4-6,29H2,1-3H3. The lowest BCUT2D eigenvalue weighted by Crippen LogP contribution is -2.27. The molecule has 3 rings (SSSR count). The third kappa shape index (κ3) is 4.76. The van der Waals surface area contributed by atoms with Crippen LogP contribution in [0.3, 0.4) is 0 Å². The Morgan fingerprint density at radius 3 is 2.56 bits per heavy atom. The van der Waals surface area contributed by atoms with Gasteiger partial charge < -0.3 is 15.9 Å². The Kier molecular flexibility index (Phi) is 7.62. The number of aromatic nitrogens is 1. The highest BCUT2D eigenvalue weighted by Crippen LogP contribution is 2.36. The Balaban J connectivity index is 2.03. The number of hydrazine groups is 1. The van der Waals surface area contributed by atoms with Gasteiger partial charge in [-0.05, 0) is 36.6 Å². The van der Waals surface area contributed by atoms with Gasteiger partial charge in [0, 0.05) is 23.0 Å². The molecule has 0 radical (unpaired) electrons. The molecule has 3 aromatic rings. The maximum Gasteiger partial charge on any atom is 0.241 e. The molecule has 0 aliphatic carbocycles. The van der Waals surface area contributed by atoms with Crippen LogP contribution in [0.4, 0.5) is 30.2 Å². The van der Waals surface area contributed by atoms with Gasteiger partial charge in [0.25, 0.3) is 0 Å². The Morgan fingerprint density at radius 1 is 1.18 bits per heavy atom. The molecule has 0 atom stereocenters. The second kappa shape index (κ2) is 10.4. The number of ether oxygens (including phenoxy) is 1. The highest BCUT2D eigenvalue weighted by molar-refractivity contribution is 6.03. The molecule has 5 N–H and O–H groups in total. The molecule has 0 fully saturated rings. The number of methoxy groups -OCH3 is 1. The van der Waals surface area contributed by atoms with Crippen LogP contribution in [0.2, 0.25) is 0 Å². The summed E-state index contributed by atoms with van der Waals surface area (Å²) in [5, 5.41) is 19.1. The van der Waals surface area contributed by atoms with Crippen LogP contribution in [-0.2, 0) is 6.42 Å². The average molecular weight is 473 g/mol. The quantitative estimate of drug-likeness (QED) is 0.180. The number of nitrogen functional groups attached to an aromatic ring is 1. The van der Waals surface area contributed by atoms with Crippen molar-refractivity contribution in [3.05, 3.63) is 65.1 Å². The van der Waals surface area contributed by atoms with Crippen molar-refractivity contribution in [2.45, 2.75) is 33.1 Å². The molecule has 0 amide bonds. The van der Waals surface area contributed by atoms with Gasteiger partial charge in [-0.1, -0.05) is 32.4 Å². The maximum absolute atomic E-state index is 15.4. The average Bonchev–Trinajstić information content (AvgIpc) is 2.83. The number of nitrogens with two attached hydrogens (primary N) is 1. The third-order valence-corrected chi connectivity index (χ3v) is 5.31. The minimum absolute atomic E-state index is 0.0684. The molecule has 1 aromatic heterocycles. The van der Waals surface area contributed by atoms with Crippen LogP contribution < -0.4 is 21.1 Å². The summed E-state index contributed by atoms with van der Waals surface area (Å²) < 4.78 is 50.3. The lowest BCUT2D eigenvalue weighted by molar-refractivity contribution is 0.270. The summed E-state index contributed by atoms with van der Waals surface area (Å²) in [6.45, 7) is 3.76. The van der Waals surface area contributed by atoms with Crippen molar-refractivity contribution in [1.29, 1.82) is 5.41 Å². The fraction of sp³-hybridized carbons (Fsp3) is 0.250. The first-order chi connectivity index (χ1) is 16.2. The van der Waals surface area contributed by atoms with Crippen molar-refractivity contribution >= 4 is 22.8 Å². The molecule has 7 nitrogen and oxygen atoms in total. The summed E-state index contributed by atoms with van der Waals surface area (Å²) >= 11 is 0. The van der Waals surface area contributed by atoms with Gasteiger partial charge in [-0.3, -0.25) is 10.6 Å². The predicted octanol–water partition coefficient (Wildman–Crippen LogP) is 5.71. The molecule has 1 heterocycles. The maximum atomic E-state index is 15.4. The molecule has 0 unspecified atom stereocenters. The molecule has 0 saturated carbocycles. The van der Waals surface area contributed by atoms with Crippen molar-refractivity contribution in [2.75, 3.05) is 23.4 Å². The van der Waals surface area contributed by atoms with Gasteiger partial charge in [-0.15, -0.1) is 0 Å². The highest BCUT2D eigenvalue weighted by atomic mass is 19.1. The fourth-order valence-corrected chi connectivity index (χ4v) is 3.48. The van der Waals surface area contributed by atoms with E-state index in [4.69, 9.17) is 15.9 Å². The summed E-state index contributed by atoms with van der Waals surface area (Å²) in [5.41, 5.74) is 7.71. The van der Waals surface area contributed by atoms with E-state index in [1.807, 2.05) is 13.8 Å². The molecule has 0 saturated heterocycles. The second-order valence-corrected chi connectivity index (χ2v) is 7.55. The molecule has 10 heteroatoms. The molecule has 2 aromatic carbocycles. The first-order valence-corrected chi connectivity index (χ1v) is 10.7. The number of pyridine rings is 1. The van der Waals surface area contributed by atoms with E-state index in [0.717, 1.165) is 17.7 Å². The van der Waals surface area contributed by atoms with Gasteiger partial charge in [0.2, 0.25) is 5.88 Å². The number of benzene rings is 2. The smallest absolute Gasteiger partial charge is 0.241 e. The van der Waals surface area contributed by atoms with Crippen molar-refractivity contribution in [2.24, 2.45) is 0 Å². The number of nitrogens with one attached hydrogen (secondary N) is 2. The molecule has 0 aliphatic heterocycles. The van der Waals surface area contributed by atoms with E-state index in [9.17, 15) is 9.60 Å². The molecule has 34 heavy (non-hydrogen) atoms. The van der Waals surface area contributed by atoms with Gasteiger partial charge in [0.1, 0.15) is 11.5 Å². The van der Waals surface area contributed by atoms with Gasteiger partial charge in [-0.2, -0.15) is 5.17 Å². The zero-order valence-electron chi connectivity index (χ0n) is 19.0. The number of hydrogen-bond acceptors (Lipinski definition) is 7. The normalized spacial score (nSPS) is 10.8. The first kappa shape index (κ1) is 24.8. The summed E-state index contributed by atoms with van der Waals surface area (Å²) in [6, 6.07) is 6.15. The highest BCUT2D eigenvalue weighted by Gasteiger charge is 2.23. The SMILES string of the molecule is CCCC(=N)c1ccc(-c2c(F)ccc(NN(O)c3cc(CC)cnc3OC)c2F)c(F)c1N. The Labute approximate surface area is 195 Å². The Bertz CT molecular complexity index is 1220. The second-order valence-electron chi connectivity index (χ2n) is 7.55. The summed E-state index contributed by atoms with van der Waals surface area (Å²) in [5.74, 6) is -3.13. The molecule has 0 aliphatic rings. The molecule has 180 valence electrons. The van der Waals surface area contributed by atoms with E-state index < -0.39 is 28.6 Å². The van der Waals surface area contributed by atoms with Gasteiger partial charge in [0.05, 0.1) is 24.0 Å². The Hall–Kier alpha value is -3.79. The number of nitrogens with zero attached hydrogens (tertiary/aromatic N) is 2. The molecule has 0 bridgehead atoms. The number of hydrogen-bond donors (Lipinski definition) is 4. The van der Waals surface area contributed by atoms with E-state index in [2.05, 4.69) is 10.4 Å². The first-order valence-electron chi connectivity index (χ1n) is 10.7. The van der Waals surface area contributed by atoms with E-state index in [1.165, 1.54) is 19.2 Å².